The highest BCUT2D eigenvalue weighted by Gasteiger charge is 2.31. The van der Waals surface area contributed by atoms with E-state index in [4.69, 9.17) is 0 Å². The van der Waals surface area contributed by atoms with Crippen molar-refractivity contribution in [2.45, 2.75) is 44.6 Å². The van der Waals surface area contributed by atoms with Crippen LogP contribution in [0.25, 0.3) is 27.8 Å². The van der Waals surface area contributed by atoms with Gasteiger partial charge in [0, 0.05) is 43.0 Å². The molecule has 4 aromatic rings. The molecule has 0 atom stereocenters. The van der Waals surface area contributed by atoms with Crippen molar-refractivity contribution >= 4 is 27.0 Å². The number of benzene rings is 2. The van der Waals surface area contributed by atoms with Crippen molar-refractivity contribution < 1.29 is 13.2 Å². The fraction of sp³-hybridized carbons (Fsp3) is 0.333. The maximum Gasteiger partial charge on any atom is 0.303 e. The molecule has 2 aliphatic rings. The zero-order valence-corrected chi connectivity index (χ0v) is 21.3. The summed E-state index contributed by atoms with van der Waals surface area (Å²) in [6.45, 7) is 0.557. The lowest BCUT2D eigenvalue weighted by Crippen LogP contribution is -2.39. The number of nitrogens with one attached hydrogen (secondary N) is 1. The van der Waals surface area contributed by atoms with Crippen molar-refractivity contribution in [1.82, 2.24) is 23.1 Å². The standard InChI is InChI=1S/C27H29N5O3S/c1-30(2)36(34,35)29-27(33)19-12-13-20-23(16-19)32-17-24-28-14-15-31(24)22-11-7-6-10-21(22)26(32)25(20)18-8-4-3-5-9-18/h6-7,10-16,18H,3-5,8-9,17H2,1-2H3,(H,29,33). The third-order valence-electron chi connectivity index (χ3n) is 7.52. The van der Waals surface area contributed by atoms with Gasteiger partial charge >= 0.3 is 10.2 Å². The molecular weight excluding hydrogens is 474 g/mol. The molecule has 36 heavy (non-hydrogen) atoms. The minimum Gasteiger partial charge on any atom is -0.332 e. The Hall–Kier alpha value is -3.43. The number of amides is 1. The predicted octanol–water partition coefficient (Wildman–Crippen LogP) is 4.44. The van der Waals surface area contributed by atoms with E-state index in [1.54, 1.807) is 6.07 Å². The minimum absolute atomic E-state index is 0.310. The van der Waals surface area contributed by atoms with E-state index in [0.29, 0.717) is 18.0 Å². The van der Waals surface area contributed by atoms with E-state index < -0.39 is 16.1 Å². The number of imidazole rings is 1. The summed E-state index contributed by atoms with van der Waals surface area (Å²) in [5, 5.41) is 1.12. The molecule has 2 aromatic carbocycles. The fourth-order valence-corrected chi connectivity index (χ4v) is 6.27. The van der Waals surface area contributed by atoms with E-state index in [1.165, 1.54) is 44.6 Å². The van der Waals surface area contributed by atoms with Gasteiger partial charge in [-0.1, -0.05) is 43.5 Å². The Bertz CT molecular complexity index is 1590. The van der Waals surface area contributed by atoms with Crippen LogP contribution in [0, 0.1) is 0 Å². The van der Waals surface area contributed by atoms with Crippen molar-refractivity contribution in [3.63, 3.8) is 0 Å². The minimum atomic E-state index is -3.89. The van der Waals surface area contributed by atoms with Gasteiger partial charge in [-0.05, 0) is 42.5 Å². The molecule has 1 aliphatic carbocycles. The lowest BCUT2D eigenvalue weighted by atomic mass is 9.81. The molecule has 6 rings (SSSR count). The van der Waals surface area contributed by atoms with Crippen molar-refractivity contribution in [2.75, 3.05) is 14.1 Å². The summed E-state index contributed by atoms with van der Waals surface area (Å²) in [4.78, 5) is 17.6. The maximum atomic E-state index is 13.0. The van der Waals surface area contributed by atoms with Gasteiger partial charge in [0.25, 0.3) is 5.91 Å². The van der Waals surface area contributed by atoms with E-state index in [2.05, 4.69) is 43.1 Å². The highest BCUT2D eigenvalue weighted by molar-refractivity contribution is 7.87. The molecule has 0 bridgehead atoms. The summed E-state index contributed by atoms with van der Waals surface area (Å²) in [6.07, 6.45) is 9.78. The molecule has 1 saturated carbocycles. The quantitative estimate of drug-likeness (QED) is 0.393. The van der Waals surface area contributed by atoms with Gasteiger partial charge in [-0.25, -0.2) is 9.71 Å². The molecule has 0 saturated heterocycles. The molecule has 0 spiro atoms. The van der Waals surface area contributed by atoms with Crippen LogP contribution in [0.2, 0.25) is 0 Å². The van der Waals surface area contributed by atoms with Gasteiger partial charge in [0.15, 0.2) is 0 Å². The molecule has 0 radical (unpaired) electrons. The van der Waals surface area contributed by atoms with Crippen LogP contribution in [0.4, 0.5) is 0 Å². The number of rotatable bonds is 4. The second-order valence-electron chi connectivity index (χ2n) is 9.86. The SMILES string of the molecule is CN(C)S(=O)(=O)NC(=O)c1ccc2c(C3CCCCC3)c3n(c2c1)Cc1nccn1-c1ccccc1-3. The molecule has 8 nitrogen and oxygen atoms in total. The topological polar surface area (TPSA) is 89.2 Å². The summed E-state index contributed by atoms with van der Waals surface area (Å²) in [5.41, 5.74) is 5.98. The van der Waals surface area contributed by atoms with Crippen molar-refractivity contribution in [2.24, 2.45) is 0 Å². The zero-order valence-electron chi connectivity index (χ0n) is 20.4. The number of para-hydroxylation sites is 1. The zero-order chi connectivity index (χ0) is 25.0. The summed E-state index contributed by atoms with van der Waals surface area (Å²) in [7, 11) is -1.11. The normalized spacial score (nSPS) is 15.9. The Morgan fingerprint density at radius 3 is 2.64 bits per heavy atom. The number of nitrogens with zero attached hydrogens (tertiary/aromatic N) is 4. The van der Waals surface area contributed by atoms with Crippen molar-refractivity contribution in [3.05, 3.63) is 71.8 Å². The fourth-order valence-electron chi connectivity index (χ4n) is 5.74. The molecule has 0 unspecified atom stereocenters. The number of hydrogen-bond donors (Lipinski definition) is 1. The first-order valence-corrected chi connectivity index (χ1v) is 13.8. The number of hydrogen-bond acceptors (Lipinski definition) is 4. The monoisotopic (exact) mass is 503 g/mol. The molecule has 186 valence electrons. The van der Waals surface area contributed by atoms with Gasteiger partial charge in [-0.3, -0.25) is 4.79 Å². The van der Waals surface area contributed by atoms with E-state index in [-0.39, 0.29) is 0 Å². The molecule has 1 N–H and O–H groups in total. The molecule has 9 heteroatoms. The smallest absolute Gasteiger partial charge is 0.303 e. The molecular formula is C27H29N5O3S. The second-order valence-corrected chi connectivity index (χ2v) is 11.7. The largest absolute Gasteiger partial charge is 0.332 e. The summed E-state index contributed by atoms with van der Waals surface area (Å²) < 4.78 is 32.1. The van der Waals surface area contributed by atoms with Crippen LogP contribution in [-0.4, -0.2) is 46.8 Å². The highest BCUT2D eigenvalue weighted by atomic mass is 32.2. The molecule has 1 aliphatic heterocycles. The van der Waals surface area contributed by atoms with Gasteiger partial charge < -0.3 is 9.13 Å². The molecule has 1 amide bonds. The number of aromatic nitrogens is 3. The third-order valence-corrected chi connectivity index (χ3v) is 8.92. The summed E-state index contributed by atoms with van der Waals surface area (Å²) >= 11 is 0. The highest BCUT2D eigenvalue weighted by Crippen LogP contribution is 2.46. The van der Waals surface area contributed by atoms with Gasteiger partial charge in [-0.15, -0.1) is 0 Å². The van der Waals surface area contributed by atoms with Crippen molar-refractivity contribution in [3.8, 4) is 16.9 Å². The molecule has 1 fully saturated rings. The van der Waals surface area contributed by atoms with Crippen LogP contribution in [0.5, 0.6) is 0 Å². The van der Waals surface area contributed by atoms with Crippen molar-refractivity contribution in [1.29, 1.82) is 0 Å². The lowest BCUT2D eigenvalue weighted by molar-refractivity contribution is 0.0980. The van der Waals surface area contributed by atoms with E-state index in [9.17, 15) is 13.2 Å². The van der Waals surface area contributed by atoms with E-state index in [0.717, 1.165) is 45.1 Å². The van der Waals surface area contributed by atoms with Gasteiger partial charge in [0.2, 0.25) is 0 Å². The van der Waals surface area contributed by atoms with Gasteiger partial charge in [-0.2, -0.15) is 12.7 Å². The first-order chi connectivity index (χ1) is 17.3. The Morgan fingerprint density at radius 1 is 1.08 bits per heavy atom. The first kappa shape index (κ1) is 23.0. The maximum absolute atomic E-state index is 13.0. The van der Waals surface area contributed by atoms with Gasteiger partial charge in [0.1, 0.15) is 5.82 Å². The Morgan fingerprint density at radius 2 is 1.86 bits per heavy atom. The van der Waals surface area contributed by atoms with Crippen LogP contribution < -0.4 is 4.72 Å². The first-order valence-electron chi connectivity index (χ1n) is 12.4. The van der Waals surface area contributed by atoms with Crippen LogP contribution in [0.15, 0.2) is 54.9 Å². The predicted molar refractivity (Wildman–Crippen MR) is 139 cm³/mol. The van der Waals surface area contributed by atoms with Crippen LogP contribution in [0.3, 0.4) is 0 Å². The van der Waals surface area contributed by atoms with E-state index >= 15 is 0 Å². The number of fused-ring (bicyclic) bond motifs is 7. The van der Waals surface area contributed by atoms with Crippen LogP contribution in [-0.2, 0) is 16.8 Å². The van der Waals surface area contributed by atoms with Gasteiger partial charge in [0.05, 0.1) is 23.4 Å². The molecule has 3 heterocycles. The Kier molecular flexibility index (Phi) is 5.49. The average molecular weight is 504 g/mol. The summed E-state index contributed by atoms with van der Waals surface area (Å²) in [5.74, 6) is 0.707. The number of carbonyl (C=O) groups excluding carboxylic acids is 1. The summed E-state index contributed by atoms with van der Waals surface area (Å²) in [6, 6.07) is 14.0. The Labute approximate surface area is 210 Å². The molecule has 2 aromatic heterocycles. The third kappa shape index (κ3) is 3.65. The van der Waals surface area contributed by atoms with Crippen LogP contribution >= 0.6 is 0 Å². The Balaban J connectivity index is 1.59. The average Bonchev–Trinajstić information content (AvgIpc) is 3.43. The lowest BCUT2D eigenvalue weighted by Gasteiger charge is -2.23. The second kappa shape index (κ2) is 8.60. The van der Waals surface area contributed by atoms with E-state index in [1.807, 2.05) is 24.5 Å². The number of carbonyl (C=O) groups is 1. The van der Waals surface area contributed by atoms with Crippen LogP contribution in [0.1, 0.15) is 59.8 Å².